The molecule has 110 valence electrons. The number of Topliss-reactive ketones (excluding diaryl/α,β-unsaturated/α-hetero) is 1. The maximum Gasteiger partial charge on any atom is 0.314 e. The molecule has 6 heteroatoms. The van der Waals surface area contributed by atoms with Crippen molar-refractivity contribution in [2.24, 2.45) is 5.92 Å². The van der Waals surface area contributed by atoms with Crippen LogP contribution in [0.2, 0.25) is 0 Å². The molecule has 1 aromatic heterocycles. The number of carbonyl (C=O) groups is 2. The molecule has 0 aliphatic rings. The molecule has 2 rings (SSSR count). The predicted octanol–water partition coefficient (Wildman–Crippen LogP) is 2.24. The SMILES string of the molecule is CC(CC(=O)c1ccccc1)C(=O)Oc1cc(O)[nH]c1O. The normalized spacial score (nSPS) is 11.9. The largest absolute Gasteiger partial charge is 0.494 e. The van der Waals surface area contributed by atoms with Gasteiger partial charge in [-0.25, -0.2) is 0 Å². The quantitative estimate of drug-likeness (QED) is 0.579. The molecule has 0 aliphatic heterocycles. The molecule has 0 fully saturated rings. The Morgan fingerprint density at radius 3 is 2.48 bits per heavy atom. The van der Waals surface area contributed by atoms with Gasteiger partial charge < -0.3 is 14.9 Å². The zero-order chi connectivity index (χ0) is 15.4. The Balaban J connectivity index is 1.97. The van der Waals surface area contributed by atoms with Crippen molar-refractivity contribution in [3.8, 4) is 17.5 Å². The zero-order valence-electron chi connectivity index (χ0n) is 11.4. The molecule has 1 aromatic carbocycles. The number of hydrogen-bond donors (Lipinski definition) is 3. The van der Waals surface area contributed by atoms with Gasteiger partial charge in [0.25, 0.3) is 0 Å². The number of carbonyl (C=O) groups excluding carboxylic acids is 2. The summed E-state index contributed by atoms with van der Waals surface area (Å²) in [5.74, 6) is -2.42. The third-order valence-electron chi connectivity index (χ3n) is 2.95. The number of benzene rings is 1. The molecule has 0 spiro atoms. The molecular weight excluding hydrogens is 274 g/mol. The lowest BCUT2D eigenvalue weighted by Crippen LogP contribution is -2.20. The second-order valence-corrected chi connectivity index (χ2v) is 4.68. The second kappa shape index (κ2) is 6.13. The first-order valence-electron chi connectivity index (χ1n) is 6.38. The van der Waals surface area contributed by atoms with Crippen LogP contribution >= 0.6 is 0 Å². The standard InChI is InChI=1S/C15H15NO5/c1-9(7-11(17)10-5-3-2-4-6-10)15(20)21-12-8-13(18)16-14(12)19/h2-6,8-9,16,18-19H,7H2,1H3. The topological polar surface area (TPSA) is 99.6 Å². The maximum atomic E-state index is 12.0. The molecule has 0 bridgehead atoms. The highest BCUT2D eigenvalue weighted by atomic mass is 16.5. The molecule has 0 radical (unpaired) electrons. The number of aromatic nitrogens is 1. The molecule has 21 heavy (non-hydrogen) atoms. The van der Waals surface area contributed by atoms with Crippen LogP contribution in [0.1, 0.15) is 23.7 Å². The third kappa shape index (κ3) is 3.62. The molecule has 0 amide bonds. The van der Waals surface area contributed by atoms with Crippen molar-refractivity contribution in [1.82, 2.24) is 4.98 Å². The molecule has 0 aliphatic carbocycles. The lowest BCUT2D eigenvalue weighted by Gasteiger charge is -2.09. The summed E-state index contributed by atoms with van der Waals surface area (Å²) >= 11 is 0. The highest BCUT2D eigenvalue weighted by molar-refractivity contribution is 5.98. The molecule has 1 unspecified atom stereocenters. The second-order valence-electron chi connectivity index (χ2n) is 4.68. The van der Waals surface area contributed by atoms with Gasteiger partial charge >= 0.3 is 5.97 Å². The van der Waals surface area contributed by atoms with Crippen LogP contribution in [-0.2, 0) is 4.79 Å². The van der Waals surface area contributed by atoms with Gasteiger partial charge in [0.1, 0.15) is 0 Å². The molecule has 1 heterocycles. The van der Waals surface area contributed by atoms with Gasteiger partial charge in [-0.05, 0) is 0 Å². The fourth-order valence-electron chi connectivity index (χ4n) is 1.80. The van der Waals surface area contributed by atoms with Crippen molar-refractivity contribution in [2.45, 2.75) is 13.3 Å². The Labute approximate surface area is 121 Å². The predicted molar refractivity (Wildman–Crippen MR) is 74.3 cm³/mol. The summed E-state index contributed by atoms with van der Waals surface area (Å²) < 4.78 is 4.93. The van der Waals surface area contributed by atoms with Crippen LogP contribution < -0.4 is 4.74 Å². The molecule has 1 atom stereocenters. The van der Waals surface area contributed by atoms with Gasteiger partial charge in [0, 0.05) is 18.1 Å². The summed E-state index contributed by atoms with van der Waals surface area (Å²) in [6.07, 6.45) is 0.0000135. The first-order valence-corrected chi connectivity index (χ1v) is 6.38. The van der Waals surface area contributed by atoms with Crippen LogP contribution in [0.3, 0.4) is 0 Å². The minimum Gasteiger partial charge on any atom is -0.494 e. The number of nitrogens with one attached hydrogen (secondary N) is 1. The Morgan fingerprint density at radius 1 is 1.24 bits per heavy atom. The number of hydrogen-bond acceptors (Lipinski definition) is 5. The van der Waals surface area contributed by atoms with Crippen molar-refractivity contribution >= 4 is 11.8 Å². The number of ketones is 1. The van der Waals surface area contributed by atoms with E-state index in [0.717, 1.165) is 6.07 Å². The molecular formula is C15H15NO5. The minimum atomic E-state index is -0.672. The van der Waals surface area contributed by atoms with E-state index in [1.807, 2.05) is 0 Å². The number of aromatic amines is 1. The summed E-state index contributed by atoms with van der Waals surface area (Å²) in [6.45, 7) is 1.56. The first-order chi connectivity index (χ1) is 9.97. The van der Waals surface area contributed by atoms with E-state index in [2.05, 4.69) is 4.98 Å². The number of ether oxygens (including phenoxy) is 1. The van der Waals surface area contributed by atoms with Gasteiger partial charge in [0.05, 0.1) is 5.92 Å². The van der Waals surface area contributed by atoms with E-state index in [0.29, 0.717) is 5.56 Å². The number of esters is 1. The van der Waals surface area contributed by atoms with Gasteiger partial charge in [-0.2, -0.15) is 0 Å². The molecule has 0 saturated heterocycles. The van der Waals surface area contributed by atoms with E-state index < -0.39 is 17.8 Å². The Hall–Kier alpha value is -2.76. The minimum absolute atomic E-state index is 0.0000135. The highest BCUT2D eigenvalue weighted by Gasteiger charge is 2.22. The van der Waals surface area contributed by atoms with E-state index in [-0.39, 0.29) is 23.8 Å². The van der Waals surface area contributed by atoms with E-state index in [9.17, 15) is 14.7 Å². The maximum absolute atomic E-state index is 12.0. The van der Waals surface area contributed by atoms with Crippen LogP contribution in [0.25, 0.3) is 0 Å². The average molecular weight is 289 g/mol. The summed E-state index contributed by atoms with van der Waals surface area (Å²) in [5, 5.41) is 18.5. The number of rotatable bonds is 5. The van der Waals surface area contributed by atoms with E-state index in [1.165, 1.54) is 0 Å². The van der Waals surface area contributed by atoms with Crippen molar-refractivity contribution in [2.75, 3.05) is 0 Å². The van der Waals surface area contributed by atoms with Crippen LogP contribution in [0.5, 0.6) is 17.5 Å². The van der Waals surface area contributed by atoms with Crippen molar-refractivity contribution in [3.63, 3.8) is 0 Å². The summed E-state index contributed by atoms with van der Waals surface area (Å²) in [5.41, 5.74) is 0.527. The fourth-order valence-corrected chi connectivity index (χ4v) is 1.80. The van der Waals surface area contributed by atoms with E-state index >= 15 is 0 Å². The van der Waals surface area contributed by atoms with Gasteiger partial charge in [-0.3, -0.25) is 14.6 Å². The lowest BCUT2D eigenvalue weighted by atomic mass is 10.00. The summed E-state index contributed by atoms with van der Waals surface area (Å²) in [6, 6.07) is 9.73. The first kappa shape index (κ1) is 14.6. The van der Waals surface area contributed by atoms with Gasteiger partial charge in [0.2, 0.25) is 5.88 Å². The van der Waals surface area contributed by atoms with Crippen LogP contribution in [-0.4, -0.2) is 26.9 Å². The Bertz CT molecular complexity index is 647. The highest BCUT2D eigenvalue weighted by Crippen LogP contribution is 2.30. The average Bonchev–Trinajstić information content (AvgIpc) is 2.77. The van der Waals surface area contributed by atoms with Crippen molar-refractivity contribution < 1.29 is 24.5 Å². The lowest BCUT2D eigenvalue weighted by molar-refractivity contribution is -0.138. The smallest absolute Gasteiger partial charge is 0.314 e. The van der Waals surface area contributed by atoms with Gasteiger partial charge in [-0.15, -0.1) is 0 Å². The van der Waals surface area contributed by atoms with Crippen LogP contribution in [0, 0.1) is 5.92 Å². The van der Waals surface area contributed by atoms with Gasteiger partial charge in [0.15, 0.2) is 17.4 Å². The van der Waals surface area contributed by atoms with Crippen molar-refractivity contribution in [3.05, 3.63) is 42.0 Å². The summed E-state index contributed by atoms with van der Waals surface area (Å²) in [7, 11) is 0. The molecule has 3 N–H and O–H groups in total. The Morgan fingerprint density at radius 2 is 1.90 bits per heavy atom. The van der Waals surface area contributed by atoms with E-state index in [4.69, 9.17) is 9.84 Å². The number of aromatic hydroxyl groups is 2. The monoisotopic (exact) mass is 289 g/mol. The number of H-pyrrole nitrogens is 1. The van der Waals surface area contributed by atoms with Crippen LogP contribution in [0.15, 0.2) is 36.4 Å². The molecule has 2 aromatic rings. The Kier molecular flexibility index (Phi) is 4.27. The van der Waals surface area contributed by atoms with Crippen LogP contribution in [0.4, 0.5) is 0 Å². The molecule has 0 saturated carbocycles. The third-order valence-corrected chi connectivity index (χ3v) is 2.95. The van der Waals surface area contributed by atoms with Crippen molar-refractivity contribution in [1.29, 1.82) is 0 Å². The van der Waals surface area contributed by atoms with Gasteiger partial charge in [-0.1, -0.05) is 37.3 Å². The molecule has 6 nitrogen and oxygen atoms in total. The van der Waals surface area contributed by atoms with E-state index in [1.54, 1.807) is 37.3 Å². The zero-order valence-corrected chi connectivity index (χ0v) is 11.4. The summed E-state index contributed by atoms with van der Waals surface area (Å²) in [4.78, 5) is 26.0. The fraction of sp³-hybridized carbons (Fsp3) is 0.200.